The molecular weight excluding hydrogens is 718 g/mol. The van der Waals surface area contributed by atoms with E-state index < -0.39 is 0 Å². The van der Waals surface area contributed by atoms with Crippen LogP contribution >= 0.6 is 31.9 Å². The summed E-state index contributed by atoms with van der Waals surface area (Å²) in [5.74, 6) is 3.34. The summed E-state index contributed by atoms with van der Waals surface area (Å²) in [6.07, 6.45) is 6.61. The van der Waals surface area contributed by atoms with E-state index in [0.29, 0.717) is 39.3 Å². The molecule has 0 fully saturated rings. The summed E-state index contributed by atoms with van der Waals surface area (Å²) in [4.78, 5) is 0. The molecule has 48 heavy (non-hydrogen) atoms. The molecule has 5 rings (SSSR count). The summed E-state index contributed by atoms with van der Waals surface area (Å²) < 4.78 is 26.9. The molecule has 1 aliphatic rings. The van der Waals surface area contributed by atoms with Gasteiger partial charge in [-0.1, -0.05) is 59.6 Å². The normalized spacial score (nSPS) is 12.0. The quantitative estimate of drug-likeness (QED) is 0.137. The first-order valence-corrected chi connectivity index (χ1v) is 18.2. The Morgan fingerprint density at radius 1 is 0.479 bits per heavy atom. The zero-order valence-corrected chi connectivity index (χ0v) is 32.7. The Labute approximate surface area is 328 Å². The summed E-state index contributed by atoms with van der Waals surface area (Å²) in [5.41, 5.74) is 9.17. The van der Waals surface area contributed by atoms with Crippen LogP contribution in [-0.2, 0) is 25.7 Å². The molecule has 4 aromatic rings. The van der Waals surface area contributed by atoms with Crippen LogP contribution < -0.4 is 56.7 Å². The largest absolute Gasteiger partial charge is 1.00 e. The van der Waals surface area contributed by atoms with E-state index in [1.54, 1.807) is 0 Å². The monoisotopic (exact) mass is 760 g/mol. The average molecular weight is 762 g/mol. The Kier molecular flexibility index (Phi) is 17.1. The Morgan fingerprint density at radius 2 is 0.812 bits per heavy atom. The maximum absolute atomic E-state index is 6.22. The van der Waals surface area contributed by atoms with Crippen LogP contribution in [0.2, 0.25) is 0 Å². The minimum atomic E-state index is 0. The summed E-state index contributed by atoms with van der Waals surface area (Å²) in [7, 11) is 0. The number of ether oxygens (including phenoxy) is 4. The first kappa shape index (κ1) is 40.7. The molecule has 0 aromatic heterocycles. The van der Waals surface area contributed by atoms with Crippen molar-refractivity contribution in [1.29, 1.82) is 0 Å². The Morgan fingerprint density at radius 3 is 1.17 bits per heavy atom. The Hall–Kier alpha value is -1.77. The fraction of sp³-hybridized carbons (Fsp3) is 0.400. The summed E-state index contributed by atoms with van der Waals surface area (Å²) in [5, 5.41) is 0. The summed E-state index contributed by atoms with van der Waals surface area (Å²) >= 11 is 8.01. The van der Waals surface area contributed by atoms with Crippen molar-refractivity contribution in [3.05, 3.63) is 114 Å². The summed E-state index contributed by atoms with van der Waals surface area (Å²) in [6.45, 7) is 11.2. The van der Waals surface area contributed by atoms with Gasteiger partial charge < -0.3 is 18.9 Å². The second kappa shape index (κ2) is 20.2. The third-order valence-electron chi connectivity index (χ3n) is 7.73. The van der Waals surface area contributed by atoms with Gasteiger partial charge >= 0.3 is 37.7 Å². The van der Waals surface area contributed by atoms with Crippen LogP contribution in [0.3, 0.4) is 0 Å². The number of hydrogen-bond acceptors (Lipinski definition) is 4. The first-order valence-electron chi connectivity index (χ1n) is 16.6. The van der Waals surface area contributed by atoms with Crippen molar-refractivity contribution in [3.63, 3.8) is 0 Å². The van der Waals surface area contributed by atoms with E-state index >= 15 is 0 Å². The Balaban J connectivity index is 0.00000312. The number of fused-ring (bicyclic) bond motifs is 8. The molecule has 0 aliphatic heterocycles. The van der Waals surface area contributed by atoms with Gasteiger partial charge in [0.05, 0.1) is 26.4 Å². The van der Waals surface area contributed by atoms with E-state index in [0.717, 1.165) is 92.7 Å². The third-order valence-corrected chi connectivity index (χ3v) is 9.77. The fourth-order valence-electron chi connectivity index (χ4n) is 5.71. The first-order chi connectivity index (χ1) is 22.4. The summed E-state index contributed by atoms with van der Waals surface area (Å²) in [6, 6.07) is 24.6. The maximum Gasteiger partial charge on any atom is 1.00 e. The van der Waals surface area contributed by atoms with E-state index in [1.807, 2.05) is 0 Å². The molecule has 0 N–H and O–H groups in total. The van der Waals surface area contributed by atoms with Gasteiger partial charge in [-0.05, 0) is 97.9 Å². The van der Waals surface area contributed by atoms with Crippen LogP contribution in [0.25, 0.3) is 0 Å². The number of halogens is 2. The average Bonchev–Trinajstić information content (AvgIpc) is 3.04. The molecule has 244 valence electrons. The molecule has 1 aliphatic carbocycles. The van der Waals surface area contributed by atoms with E-state index in [-0.39, 0.29) is 37.7 Å². The van der Waals surface area contributed by atoms with Crippen molar-refractivity contribution in [2.75, 3.05) is 26.4 Å². The number of hydrogen-bond donors (Lipinski definition) is 0. The van der Waals surface area contributed by atoms with Crippen LogP contribution in [0.5, 0.6) is 23.0 Å². The van der Waals surface area contributed by atoms with Gasteiger partial charge in [0.2, 0.25) is 0 Å². The maximum atomic E-state index is 6.22. The second-order valence-electron chi connectivity index (χ2n) is 12.0. The molecule has 0 unspecified atom stereocenters. The fourth-order valence-corrected chi connectivity index (χ4v) is 6.73. The molecule has 8 heteroatoms. The zero-order chi connectivity index (χ0) is 32.5. The molecule has 0 amide bonds. The molecule has 0 radical (unpaired) electrons. The predicted molar refractivity (Wildman–Crippen MR) is 193 cm³/mol. The molecule has 0 spiro atoms. The van der Waals surface area contributed by atoms with Gasteiger partial charge in [-0.15, -0.1) is 35.4 Å². The van der Waals surface area contributed by atoms with Gasteiger partial charge in [-0.2, -0.15) is 23.3 Å². The molecule has 0 saturated carbocycles. The third kappa shape index (κ3) is 11.1. The van der Waals surface area contributed by atoms with Gasteiger partial charge in [0, 0.05) is 20.4 Å². The number of rotatable bonds is 12. The molecule has 4 nitrogen and oxygen atoms in total. The zero-order valence-electron chi connectivity index (χ0n) is 29.5. The van der Waals surface area contributed by atoms with E-state index in [1.165, 1.54) is 22.3 Å². The predicted octanol–water partition coefficient (Wildman–Crippen LogP) is 4.65. The van der Waals surface area contributed by atoms with Crippen molar-refractivity contribution in [3.8, 4) is 23.0 Å². The van der Waals surface area contributed by atoms with E-state index in [4.69, 9.17) is 18.9 Å². The van der Waals surface area contributed by atoms with Crippen LogP contribution in [0.15, 0.2) is 57.5 Å². The van der Waals surface area contributed by atoms with Gasteiger partial charge in [0.1, 0.15) is 11.5 Å². The standard InChI is InChI=1S/C40H44Br2O4.2Li/c1-5-9-43-35-19-27-13-28(20-35)16-32-24-38(46-12-8-4)26-34(40(32)42)18-30-14-29(21-36(22-30)44-10-6-2)17-33-25-37(45-11-7-3)23-31(15-27)39(33)41;;/h13-14,19,21,23-26H,5-12,15-18H2,1-4H3;;/q-2;2*+1. The number of benzene rings is 4. The molecule has 4 aromatic carbocycles. The van der Waals surface area contributed by atoms with Crippen LogP contribution in [-0.4, -0.2) is 26.4 Å². The van der Waals surface area contributed by atoms with Crippen molar-refractivity contribution < 1.29 is 56.7 Å². The SMILES string of the molecule is CCCOc1[c-]c2cc(c1)Cc1cc(OCCC)cc(c1Br)Cc1cc([c-]c(OCCC)c1)Cc1cc(OCCC)cc(c1Br)C2.[Li+].[Li+]. The molecular formula is C40H44Br2Li2O4. The molecule has 8 bridgehead atoms. The van der Waals surface area contributed by atoms with Gasteiger partial charge in [-0.3, -0.25) is 0 Å². The van der Waals surface area contributed by atoms with E-state index in [9.17, 15) is 0 Å². The smallest absolute Gasteiger partial charge is 0.519 e. The van der Waals surface area contributed by atoms with Gasteiger partial charge in [-0.25, -0.2) is 0 Å². The van der Waals surface area contributed by atoms with Crippen molar-refractivity contribution >= 4 is 31.9 Å². The van der Waals surface area contributed by atoms with Gasteiger partial charge in [0.15, 0.2) is 0 Å². The molecule has 0 heterocycles. The van der Waals surface area contributed by atoms with Crippen LogP contribution in [0, 0.1) is 12.1 Å². The van der Waals surface area contributed by atoms with Crippen molar-refractivity contribution in [1.82, 2.24) is 0 Å². The topological polar surface area (TPSA) is 36.9 Å². The van der Waals surface area contributed by atoms with Gasteiger partial charge in [0.25, 0.3) is 0 Å². The van der Waals surface area contributed by atoms with Crippen molar-refractivity contribution in [2.45, 2.75) is 79.1 Å². The Bertz CT molecular complexity index is 1430. The minimum Gasteiger partial charge on any atom is -0.519 e. The van der Waals surface area contributed by atoms with Crippen LogP contribution in [0.1, 0.15) is 97.9 Å². The van der Waals surface area contributed by atoms with Crippen molar-refractivity contribution in [2.24, 2.45) is 0 Å². The second-order valence-corrected chi connectivity index (χ2v) is 13.6. The van der Waals surface area contributed by atoms with Crippen LogP contribution in [0.4, 0.5) is 0 Å². The minimum absolute atomic E-state index is 0. The molecule has 0 atom stereocenters. The van der Waals surface area contributed by atoms with E-state index in [2.05, 4.69) is 120 Å². The molecule has 0 saturated heterocycles.